The smallest absolute Gasteiger partial charge is 0.217 e. The second-order valence-corrected chi connectivity index (χ2v) is 9.54. The molecule has 2 aliphatic rings. The minimum Gasteiger partial charge on any atom is -0.378 e. The third-order valence-corrected chi connectivity index (χ3v) is 8.10. The summed E-state index contributed by atoms with van der Waals surface area (Å²) in [6.45, 7) is 0.858. The zero-order valence-electron chi connectivity index (χ0n) is 14.2. The topological polar surface area (TPSA) is 30.9 Å². The second kappa shape index (κ2) is 7.94. The highest BCUT2D eigenvalue weighted by Gasteiger charge is 2.34. The molecule has 1 aromatic carbocycles. The van der Waals surface area contributed by atoms with Gasteiger partial charge in [0.2, 0.25) is 6.49 Å². The van der Waals surface area contributed by atoms with Crippen LogP contribution in [0.3, 0.4) is 0 Å². The average molecular weight is 365 g/mol. The monoisotopic (exact) mass is 365 g/mol. The Hall–Kier alpha value is -0.970. The minimum atomic E-state index is -2.40. The lowest BCUT2D eigenvalue weighted by molar-refractivity contribution is 0.0548. The van der Waals surface area contributed by atoms with Crippen LogP contribution in [0.5, 0.6) is 0 Å². The molecule has 1 fully saturated rings. The Morgan fingerprint density at radius 2 is 1.75 bits per heavy atom. The molecule has 0 atom stereocenters. The normalized spacial score (nSPS) is 20.9. The van der Waals surface area contributed by atoms with Crippen molar-refractivity contribution in [3.8, 4) is 0 Å². The third kappa shape index (κ3) is 3.66. The largest absolute Gasteiger partial charge is 0.378 e. The Morgan fingerprint density at radius 1 is 1.08 bits per heavy atom. The molecular weight excluding hydrogens is 341 g/mol. The van der Waals surface area contributed by atoms with Crippen molar-refractivity contribution in [3.05, 3.63) is 52.5 Å². The van der Waals surface area contributed by atoms with Crippen molar-refractivity contribution in [2.75, 3.05) is 40.5 Å². The molecule has 130 valence electrons. The van der Waals surface area contributed by atoms with E-state index in [2.05, 4.69) is 35.2 Å². The van der Waals surface area contributed by atoms with E-state index in [4.69, 9.17) is 25.6 Å². The van der Waals surface area contributed by atoms with Gasteiger partial charge in [0.15, 0.2) is 0 Å². The van der Waals surface area contributed by atoms with E-state index in [1.54, 1.807) is 14.2 Å². The molecule has 1 saturated heterocycles. The zero-order valence-corrected chi connectivity index (χ0v) is 15.9. The summed E-state index contributed by atoms with van der Waals surface area (Å²) in [4.78, 5) is 2.39. The lowest BCUT2D eigenvalue weighted by Crippen LogP contribution is -2.36. The number of hydrogen-bond acceptors (Lipinski definition) is 5. The first-order valence-corrected chi connectivity index (χ1v) is 10.9. The second-order valence-electron chi connectivity index (χ2n) is 5.84. The maximum absolute atomic E-state index is 5.75. The van der Waals surface area contributed by atoms with Crippen LogP contribution in [0.4, 0.5) is 0 Å². The molecule has 0 amide bonds. The molecule has 0 saturated carbocycles. The molecule has 1 aromatic rings. The lowest BCUT2D eigenvalue weighted by Gasteiger charge is -2.33. The van der Waals surface area contributed by atoms with E-state index in [1.807, 2.05) is 6.07 Å². The van der Waals surface area contributed by atoms with E-state index in [0.717, 1.165) is 44.5 Å². The molecule has 1 aliphatic carbocycles. The highest BCUT2D eigenvalue weighted by molar-refractivity contribution is 8.11. The Morgan fingerprint density at radius 3 is 2.38 bits per heavy atom. The summed E-state index contributed by atoms with van der Waals surface area (Å²) in [6, 6.07) is 10.4. The summed E-state index contributed by atoms with van der Waals surface area (Å²) < 4.78 is 16.8. The van der Waals surface area contributed by atoms with Crippen molar-refractivity contribution in [2.24, 2.45) is 0 Å². The number of rotatable bonds is 5. The third-order valence-electron chi connectivity index (χ3n) is 4.49. The zero-order chi connectivity index (χ0) is 17.0. The lowest BCUT2D eigenvalue weighted by atomic mass is 10.1. The van der Waals surface area contributed by atoms with Crippen LogP contribution in [0.25, 0.3) is 6.08 Å². The van der Waals surface area contributed by atoms with Crippen LogP contribution in [0.1, 0.15) is 18.4 Å². The SMILES string of the molecule is COP(=S)(OC)C1=C(N2CCOCC2)C(=Cc2ccccc2)CC1. The van der Waals surface area contributed by atoms with Crippen molar-refractivity contribution < 1.29 is 13.8 Å². The molecule has 3 rings (SSSR count). The van der Waals surface area contributed by atoms with E-state index in [0.29, 0.717) is 0 Å². The molecule has 0 N–H and O–H groups in total. The van der Waals surface area contributed by atoms with Crippen LogP contribution in [0.15, 0.2) is 46.9 Å². The summed E-state index contributed by atoms with van der Waals surface area (Å²) >= 11 is 5.75. The van der Waals surface area contributed by atoms with Gasteiger partial charge >= 0.3 is 0 Å². The summed E-state index contributed by atoms with van der Waals surface area (Å²) in [5.41, 5.74) is 3.76. The van der Waals surface area contributed by atoms with Gasteiger partial charge in [-0.25, -0.2) is 0 Å². The van der Waals surface area contributed by atoms with Crippen molar-refractivity contribution in [2.45, 2.75) is 12.8 Å². The fraction of sp³-hybridized carbons (Fsp3) is 0.444. The van der Waals surface area contributed by atoms with E-state index >= 15 is 0 Å². The van der Waals surface area contributed by atoms with Gasteiger partial charge in [-0.15, -0.1) is 0 Å². The van der Waals surface area contributed by atoms with Crippen molar-refractivity contribution in [1.29, 1.82) is 0 Å². The molecule has 0 radical (unpaired) electrons. The Kier molecular flexibility index (Phi) is 5.90. The van der Waals surface area contributed by atoms with Crippen LogP contribution in [0, 0.1) is 0 Å². The standard InChI is InChI=1S/C18H24NO3PS/c1-20-23(24,21-2)17-9-8-16(14-15-6-4-3-5-7-15)18(17)19-10-12-22-13-11-19/h3-7,14H,8-13H2,1-2H3. The molecule has 6 heteroatoms. The number of benzene rings is 1. The van der Waals surface area contributed by atoms with Gasteiger partial charge in [-0.3, -0.25) is 0 Å². The maximum Gasteiger partial charge on any atom is 0.217 e. The van der Waals surface area contributed by atoms with Crippen molar-refractivity contribution in [3.63, 3.8) is 0 Å². The van der Waals surface area contributed by atoms with Gasteiger partial charge < -0.3 is 18.7 Å². The van der Waals surface area contributed by atoms with Crippen LogP contribution < -0.4 is 0 Å². The molecule has 0 aromatic heterocycles. The predicted molar refractivity (Wildman–Crippen MR) is 101 cm³/mol. The molecule has 0 unspecified atom stereocenters. The van der Waals surface area contributed by atoms with Gasteiger partial charge in [-0.2, -0.15) is 0 Å². The number of ether oxygens (including phenoxy) is 1. The van der Waals surface area contributed by atoms with E-state index in [1.165, 1.54) is 16.8 Å². The van der Waals surface area contributed by atoms with Gasteiger partial charge in [0, 0.05) is 38.3 Å². The Labute approximate surface area is 149 Å². The molecule has 1 aliphatic heterocycles. The van der Waals surface area contributed by atoms with Crippen LogP contribution in [0.2, 0.25) is 0 Å². The van der Waals surface area contributed by atoms with Crippen molar-refractivity contribution in [1.82, 2.24) is 4.90 Å². The van der Waals surface area contributed by atoms with Gasteiger partial charge in [0.1, 0.15) is 0 Å². The van der Waals surface area contributed by atoms with Gasteiger partial charge in [-0.1, -0.05) is 30.3 Å². The highest BCUT2D eigenvalue weighted by Crippen LogP contribution is 2.61. The van der Waals surface area contributed by atoms with E-state index in [-0.39, 0.29) is 0 Å². The number of nitrogens with zero attached hydrogens (tertiary/aromatic N) is 1. The Balaban J connectivity index is 2.05. The van der Waals surface area contributed by atoms with Crippen LogP contribution in [-0.4, -0.2) is 45.4 Å². The fourth-order valence-electron chi connectivity index (χ4n) is 3.30. The molecular formula is C18H24NO3PS. The predicted octanol–water partition coefficient (Wildman–Crippen LogP) is 4.01. The van der Waals surface area contributed by atoms with E-state index in [9.17, 15) is 0 Å². The maximum atomic E-state index is 5.75. The molecule has 0 spiro atoms. The summed E-state index contributed by atoms with van der Waals surface area (Å²) in [7, 11) is 3.32. The number of hydrogen-bond donors (Lipinski definition) is 0. The van der Waals surface area contributed by atoms with E-state index < -0.39 is 6.49 Å². The highest BCUT2D eigenvalue weighted by atomic mass is 32.5. The molecule has 0 bridgehead atoms. The molecule has 1 heterocycles. The summed E-state index contributed by atoms with van der Waals surface area (Å²) in [6.07, 6.45) is 4.15. The number of morpholine rings is 1. The first-order valence-electron chi connectivity index (χ1n) is 8.22. The first-order chi connectivity index (χ1) is 11.7. The number of allylic oxidation sites excluding steroid dienone is 2. The molecule has 24 heavy (non-hydrogen) atoms. The summed E-state index contributed by atoms with van der Waals surface area (Å²) in [5.74, 6) is 0. The van der Waals surface area contributed by atoms with Gasteiger partial charge in [0.25, 0.3) is 0 Å². The van der Waals surface area contributed by atoms with Gasteiger partial charge in [-0.05, 0) is 41.9 Å². The summed E-state index contributed by atoms with van der Waals surface area (Å²) in [5, 5.41) is 1.16. The van der Waals surface area contributed by atoms with Crippen LogP contribution >= 0.6 is 6.49 Å². The first kappa shape index (κ1) is 17.8. The minimum absolute atomic E-state index is 0.748. The fourth-order valence-corrected chi connectivity index (χ4v) is 5.35. The van der Waals surface area contributed by atoms with Gasteiger partial charge in [0.05, 0.1) is 13.2 Å². The average Bonchev–Trinajstić information content (AvgIpc) is 3.07. The van der Waals surface area contributed by atoms with Crippen LogP contribution in [-0.2, 0) is 25.6 Å². The quantitative estimate of drug-likeness (QED) is 0.736. The Bertz CT molecular complexity index is 673. The molecule has 4 nitrogen and oxygen atoms in total. The van der Waals surface area contributed by atoms with Crippen molar-refractivity contribution >= 4 is 24.4 Å².